The summed E-state index contributed by atoms with van der Waals surface area (Å²) in [6, 6.07) is 9.72. The molecular formula is C15H12BrClN2OS. The van der Waals surface area contributed by atoms with Crippen LogP contribution in [0.4, 0.5) is 10.8 Å². The Labute approximate surface area is 140 Å². The Balaban J connectivity index is 1.96. The van der Waals surface area contributed by atoms with Gasteiger partial charge < -0.3 is 10.1 Å². The Kier molecular flexibility index (Phi) is 4.06. The van der Waals surface area contributed by atoms with Crippen molar-refractivity contribution in [3.8, 4) is 5.75 Å². The number of aromatic nitrogens is 1. The number of rotatable bonds is 3. The molecule has 2 aromatic carbocycles. The van der Waals surface area contributed by atoms with Gasteiger partial charge in [0.25, 0.3) is 0 Å². The van der Waals surface area contributed by atoms with Gasteiger partial charge in [0.1, 0.15) is 5.75 Å². The van der Waals surface area contributed by atoms with E-state index in [0.717, 1.165) is 41.8 Å². The number of halogens is 2. The topological polar surface area (TPSA) is 34.1 Å². The molecule has 0 atom stereocenters. The van der Waals surface area contributed by atoms with Crippen LogP contribution in [0.25, 0.3) is 10.2 Å². The highest BCUT2D eigenvalue weighted by molar-refractivity contribution is 9.10. The van der Waals surface area contributed by atoms with Crippen LogP contribution in [0.2, 0.25) is 5.02 Å². The van der Waals surface area contributed by atoms with Gasteiger partial charge in [0.05, 0.1) is 23.0 Å². The van der Waals surface area contributed by atoms with E-state index in [2.05, 4.69) is 26.2 Å². The standard InChI is InChI=1S/C15H12BrClN2OS/c1-8-5-10(16)13(7-11(8)17)19-15-18-12-4-3-9(20-2)6-14(12)21-15/h3-7H,1-2H3,(H,18,19). The quantitative estimate of drug-likeness (QED) is 0.623. The van der Waals surface area contributed by atoms with Gasteiger partial charge in [0, 0.05) is 9.50 Å². The normalized spacial score (nSPS) is 10.9. The molecule has 0 radical (unpaired) electrons. The minimum Gasteiger partial charge on any atom is -0.497 e. The maximum atomic E-state index is 6.18. The molecule has 0 unspecified atom stereocenters. The minimum atomic E-state index is 0.725. The van der Waals surface area contributed by atoms with Crippen LogP contribution in [0.1, 0.15) is 5.56 Å². The molecule has 3 nitrogen and oxygen atoms in total. The summed E-state index contributed by atoms with van der Waals surface area (Å²) in [5.74, 6) is 0.831. The van der Waals surface area contributed by atoms with Gasteiger partial charge in [0.15, 0.2) is 5.13 Å². The Morgan fingerprint density at radius 2 is 2.10 bits per heavy atom. The summed E-state index contributed by atoms with van der Waals surface area (Å²) in [6.07, 6.45) is 0. The molecule has 3 aromatic rings. The molecule has 0 aliphatic rings. The van der Waals surface area contributed by atoms with Gasteiger partial charge in [-0.05, 0) is 58.7 Å². The van der Waals surface area contributed by atoms with E-state index in [1.54, 1.807) is 18.4 Å². The highest BCUT2D eigenvalue weighted by atomic mass is 79.9. The fourth-order valence-corrected chi connectivity index (χ4v) is 3.57. The zero-order valence-electron chi connectivity index (χ0n) is 11.4. The molecule has 1 heterocycles. The van der Waals surface area contributed by atoms with Crippen LogP contribution in [0.15, 0.2) is 34.8 Å². The monoisotopic (exact) mass is 382 g/mol. The first-order chi connectivity index (χ1) is 10.1. The van der Waals surface area contributed by atoms with Crippen molar-refractivity contribution >= 4 is 59.9 Å². The molecule has 0 bridgehead atoms. The summed E-state index contributed by atoms with van der Waals surface area (Å²) in [4.78, 5) is 4.56. The van der Waals surface area contributed by atoms with E-state index >= 15 is 0 Å². The fraction of sp³-hybridized carbons (Fsp3) is 0.133. The van der Waals surface area contributed by atoms with Gasteiger partial charge in [-0.1, -0.05) is 22.9 Å². The van der Waals surface area contributed by atoms with E-state index in [4.69, 9.17) is 16.3 Å². The summed E-state index contributed by atoms with van der Waals surface area (Å²) < 4.78 is 7.27. The van der Waals surface area contributed by atoms with Crippen molar-refractivity contribution in [2.45, 2.75) is 6.92 Å². The van der Waals surface area contributed by atoms with Crippen molar-refractivity contribution in [2.24, 2.45) is 0 Å². The average Bonchev–Trinajstić information content (AvgIpc) is 2.85. The lowest BCUT2D eigenvalue weighted by Crippen LogP contribution is -1.91. The molecule has 0 fully saturated rings. The molecule has 0 saturated heterocycles. The van der Waals surface area contributed by atoms with E-state index in [9.17, 15) is 0 Å². The number of ether oxygens (including phenoxy) is 1. The van der Waals surface area contributed by atoms with Gasteiger partial charge in [-0.15, -0.1) is 0 Å². The van der Waals surface area contributed by atoms with Crippen molar-refractivity contribution < 1.29 is 4.74 Å². The zero-order chi connectivity index (χ0) is 15.0. The molecule has 108 valence electrons. The van der Waals surface area contributed by atoms with Crippen LogP contribution in [0.5, 0.6) is 5.75 Å². The SMILES string of the molecule is COc1ccc2nc(Nc3cc(Cl)c(C)cc3Br)sc2c1. The van der Waals surface area contributed by atoms with Crippen LogP contribution in [-0.4, -0.2) is 12.1 Å². The molecule has 1 N–H and O–H groups in total. The number of hydrogen-bond acceptors (Lipinski definition) is 4. The van der Waals surface area contributed by atoms with Crippen LogP contribution in [0.3, 0.4) is 0 Å². The number of nitrogens with zero attached hydrogens (tertiary/aromatic N) is 1. The molecule has 0 saturated carbocycles. The van der Waals surface area contributed by atoms with E-state index in [1.165, 1.54) is 0 Å². The third-order valence-corrected chi connectivity index (χ3v) is 5.08. The third kappa shape index (κ3) is 3.00. The molecule has 1 aromatic heterocycles. The van der Waals surface area contributed by atoms with Gasteiger partial charge in [-0.3, -0.25) is 0 Å². The van der Waals surface area contributed by atoms with Gasteiger partial charge in [-0.2, -0.15) is 0 Å². The summed E-state index contributed by atoms with van der Waals surface area (Å²) in [7, 11) is 1.66. The summed E-state index contributed by atoms with van der Waals surface area (Å²) >= 11 is 11.3. The molecular weight excluding hydrogens is 372 g/mol. The molecule has 0 aliphatic carbocycles. The lowest BCUT2D eigenvalue weighted by atomic mass is 10.2. The Morgan fingerprint density at radius 1 is 1.29 bits per heavy atom. The smallest absolute Gasteiger partial charge is 0.188 e. The van der Waals surface area contributed by atoms with Gasteiger partial charge >= 0.3 is 0 Å². The number of thiazole rings is 1. The zero-order valence-corrected chi connectivity index (χ0v) is 14.6. The first-order valence-corrected chi connectivity index (χ1v) is 8.23. The Hall–Kier alpha value is -1.30. The molecule has 21 heavy (non-hydrogen) atoms. The van der Waals surface area contributed by atoms with E-state index in [0.29, 0.717) is 0 Å². The molecule has 0 spiro atoms. The maximum absolute atomic E-state index is 6.18. The van der Waals surface area contributed by atoms with Crippen molar-refractivity contribution in [3.63, 3.8) is 0 Å². The van der Waals surface area contributed by atoms with Crippen molar-refractivity contribution in [3.05, 3.63) is 45.4 Å². The summed E-state index contributed by atoms with van der Waals surface area (Å²) in [5.41, 5.74) is 2.87. The number of nitrogens with one attached hydrogen (secondary N) is 1. The fourth-order valence-electron chi connectivity index (χ4n) is 1.94. The number of benzene rings is 2. The number of methoxy groups -OCH3 is 1. The highest BCUT2D eigenvalue weighted by Gasteiger charge is 2.09. The number of fused-ring (bicyclic) bond motifs is 1. The van der Waals surface area contributed by atoms with Crippen LogP contribution in [0, 0.1) is 6.92 Å². The van der Waals surface area contributed by atoms with Gasteiger partial charge in [0.2, 0.25) is 0 Å². The lowest BCUT2D eigenvalue weighted by Gasteiger charge is -2.07. The molecule has 3 rings (SSSR count). The van der Waals surface area contributed by atoms with Crippen LogP contribution in [-0.2, 0) is 0 Å². The lowest BCUT2D eigenvalue weighted by molar-refractivity contribution is 0.415. The number of anilines is 2. The average molecular weight is 384 g/mol. The second-order valence-corrected chi connectivity index (χ2v) is 6.85. The number of aryl methyl sites for hydroxylation is 1. The predicted octanol–water partition coefficient (Wildman–Crippen LogP) is 5.77. The van der Waals surface area contributed by atoms with E-state index in [-0.39, 0.29) is 0 Å². The second kappa shape index (κ2) is 5.83. The molecule has 0 amide bonds. The summed E-state index contributed by atoms with van der Waals surface area (Å²) in [5, 5.41) is 4.85. The Bertz CT molecular complexity index is 819. The van der Waals surface area contributed by atoms with Crippen molar-refractivity contribution in [2.75, 3.05) is 12.4 Å². The van der Waals surface area contributed by atoms with E-state index < -0.39 is 0 Å². The third-order valence-electron chi connectivity index (χ3n) is 3.09. The second-order valence-electron chi connectivity index (χ2n) is 4.56. The van der Waals surface area contributed by atoms with Crippen LogP contribution >= 0.6 is 38.9 Å². The molecule has 6 heteroatoms. The Morgan fingerprint density at radius 3 is 2.86 bits per heavy atom. The van der Waals surface area contributed by atoms with Crippen molar-refractivity contribution in [1.82, 2.24) is 4.98 Å². The molecule has 0 aliphatic heterocycles. The largest absolute Gasteiger partial charge is 0.497 e. The van der Waals surface area contributed by atoms with Gasteiger partial charge in [-0.25, -0.2) is 4.98 Å². The maximum Gasteiger partial charge on any atom is 0.188 e. The van der Waals surface area contributed by atoms with E-state index in [1.807, 2.05) is 37.3 Å². The highest BCUT2D eigenvalue weighted by Crippen LogP contribution is 2.35. The number of hydrogen-bond donors (Lipinski definition) is 1. The minimum absolute atomic E-state index is 0.725. The predicted molar refractivity (Wildman–Crippen MR) is 93.3 cm³/mol. The first-order valence-electron chi connectivity index (χ1n) is 6.24. The summed E-state index contributed by atoms with van der Waals surface area (Å²) in [6.45, 7) is 1.97. The first kappa shape index (κ1) is 14.6. The van der Waals surface area contributed by atoms with Crippen molar-refractivity contribution in [1.29, 1.82) is 0 Å². The van der Waals surface area contributed by atoms with Crippen LogP contribution < -0.4 is 10.1 Å².